The minimum absolute atomic E-state index is 0.246. The van der Waals surface area contributed by atoms with Crippen LogP contribution in [0.3, 0.4) is 0 Å². The number of nitrogens with two attached hydrogens (primary N) is 1. The second-order valence-corrected chi connectivity index (χ2v) is 7.78. The first-order valence-electron chi connectivity index (χ1n) is 10.0. The monoisotopic (exact) mass is 369 g/mol. The molecule has 0 bridgehead atoms. The SMILES string of the molecule is C=C(C)/C(=C\c1ccc(N(C)CN)cc1)OC(=NC1CCCCC1)C(C)C. The Kier molecular flexibility index (Phi) is 8.11. The maximum absolute atomic E-state index is 6.26. The van der Waals surface area contributed by atoms with Gasteiger partial charge >= 0.3 is 0 Å². The van der Waals surface area contributed by atoms with Gasteiger partial charge in [0.1, 0.15) is 5.76 Å². The number of hydrogen-bond acceptors (Lipinski definition) is 4. The van der Waals surface area contributed by atoms with E-state index in [0.717, 1.165) is 28.5 Å². The van der Waals surface area contributed by atoms with Gasteiger partial charge in [-0.15, -0.1) is 0 Å². The first kappa shape index (κ1) is 21.2. The molecule has 0 radical (unpaired) electrons. The molecule has 1 aromatic carbocycles. The predicted molar refractivity (Wildman–Crippen MR) is 117 cm³/mol. The summed E-state index contributed by atoms with van der Waals surface area (Å²) in [7, 11) is 1.98. The van der Waals surface area contributed by atoms with Gasteiger partial charge in [0.25, 0.3) is 0 Å². The first-order chi connectivity index (χ1) is 12.9. The van der Waals surface area contributed by atoms with Gasteiger partial charge in [-0.05, 0) is 49.1 Å². The zero-order valence-electron chi connectivity index (χ0n) is 17.4. The third-order valence-corrected chi connectivity index (χ3v) is 4.92. The highest BCUT2D eigenvalue weighted by molar-refractivity contribution is 5.80. The summed E-state index contributed by atoms with van der Waals surface area (Å²) < 4.78 is 6.26. The lowest BCUT2D eigenvalue weighted by Crippen LogP contribution is -2.24. The molecule has 0 saturated heterocycles. The highest BCUT2D eigenvalue weighted by Gasteiger charge is 2.17. The van der Waals surface area contributed by atoms with Gasteiger partial charge in [0.05, 0.1) is 12.7 Å². The van der Waals surface area contributed by atoms with Crippen molar-refractivity contribution in [3.8, 4) is 0 Å². The van der Waals surface area contributed by atoms with E-state index in [1.165, 1.54) is 32.1 Å². The molecule has 0 amide bonds. The molecule has 0 unspecified atom stereocenters. The van der Waals surface area contributed by atoms with Gasteiger partial charge in [-0.25, -0.2) is 0 Å². The zero-order chi connectivity index (χ0) is 19.8. The van der Waals surface area contributed by atoms with Crippen molar-refractivity contribution < 1.29 is 4.74 Å². The fourth-order valence-corrected chi connectivity index (χ4v) is 3.12. The van der Waals surface area contributed by atoms with Crippen LogP contribution in [-0.2, 0) is 4.74 Å². The molecule has 2 rings (SSSR count). The quantitative estimate of drug-likeness (QED) is 0.231. The molecular weight excluding hydrogens is 334 g/mol. The number of anilines is 1. The van der Waals surface area contributed by atoms with Crippen LogP contribution in [0.2, 0.25) is 0 Å². The third kappa shape index (κ3) is 6.55. The van der Waals surface area contributed by atoms with Crippen LogP contribution >= 0.6 is 0 Å². The van der Waals surface area contributed by atoms with Crippen LogP contribution in [-0.4, -0.2) is 25.7 Å². The summed E-state index contributed by atoms with van der Waals surface area (Å²) in [5.41, 5.74) is 8.75. The highest BCUT2D eigenvalue weighted by atomic mass is 16.5. The smallest absolute Gasteiger partial charge is 0.192 e. The normalized spacial score (nSPS) is 16.5. The average Bonchev–Trinajstić information content (AvgIpc) is 2.67. The van der Waals surface area contributed by atoms with Gasteiger partial charge in [-0.2, -0.15) is 0 Å². The van der Waals surface area contributed by atoms with Crippen LogP contribution in [0.5, 0.6) is 0 Å². The minimum Gasteiger partial charge on any atom is -0.443 e. The van der Waals surface area contributed by atoms with Crippen molar-refractivity contribution in [1.82, 2.24) is 0 Å². The Morgan fingerprint density at radius 1 is 1.26 bits per heavy atom. The number of aliphatic imine (C=N–C) groups is 1. The first-order valence-corrected chi connectivity index (χ1v) is 10.0. The largest absolute Gasteiger partial charge is 0.443 e. The predicted octanol–water partition coefficient (Wildman–Crippen LogP) is 5.36. The molecule has 0 heterocycles. The highest BCUT2D eigenvalue weighted by Crippen LogP contribution is 2.24. The molecule has 0 aliphatic heterocycles. The Morgan fingerprint density at radius 3 is 2.41 bits per heavy atom. The standard InChI is InChI=1S/C23H35N3O/c1-17(2)22(15-19-11-13-21(14-12-19)26(5)16-24)27-23(18(3)4)25-20-9-7-6-8-10-20/h11-15,18,20H,1,6-10,16,24H2,2-5H3/b22-15+,25-23?. The molecule has 2 N–H and O–H groups in total. The Bertz CT molecular complexity index is 667. The molecule has 0 atom stereocenters. The van der Waals surface area contributed by atoms with Crippen LogP contribution in [0.15, 0.2) is 47.2 Å². The molecule has 1 saturated carbocycles. The number of ether oxygens (including phenoxy) is 1. The number of allylic oxidation sites excluding steroid dienone is 1. The van der Waals surface area contributed by atoms with Crippen LogP contribution in [0.4, 0.5) is 5.69 Å². The fourth-order valence-electron chi connectivity index (χ4n) is 3.12. The lowest BCUT2D eigenvalue weighted by atomic mass is 9.96. The van der Waals surface area contributed by atoms with E-state index in [1.54, 1.807) is 0 Å². The summed E-state index contributed by atoms with van der Waals surface area (Å²) in [5.74, 6) is 1.84. The van der Waals surface area contributed by atoms with Crippen molar-refractivity contribution in [3.63, 3.8) is 0 Å². The van der Waals surface area contributed by atoms with E-state index < -0.39 is 0 Å². The summed E-state index contributed by atoms with van der Waals surface area (Å²) in [6.07, 6.45) is 8.24. The van der Waals surface area contributed by atoms with Crippen LogP contribution in [0.25, 0.3) is 6.08 Å². The van der Waals surface area contributed by atoms with Crippen molar-refractivity contribution in [2.24, 2.45) is 16.6 Å². The van der Waals surface area contributed by atoms with Gasteiger partial charge < -0.3 is 15.4 Å². The molecule has 4 nitrogen and oxygen atoms in total. The fraction of sp³-hybridized carbons (Fsp3) is 0.522. The van der Waals surface area contributed by atoms with E-state index in [2.05, 4.69) is 44.7 Å². The maximum Gasteiger partial charge on any atom is 0.192 e. The molecule has 1 aliphatic carbocycles. The lowest BCUT2D eigenvalue weighted by Gasteiger charge is -2.21. The van der Waals surface area contributed by atoms with E-state index in [0.29, 0.717) is 12.7 Å². The molecule has 27 heavy (non-hydrogen) atoms. The molecule has 1 aromatic rings. The lowest BCUT2D eigenvalue weighted by molar-refractivity contribution is 0.378. The number of nitrogens with zero attached hydrogens (tertiary/aromatic N) is 2. The number of rotatable bonds is 7. The summed E-state index contributed by atoms with van der Waals surface area (Å²) in [6, 6.07) is 8.67. The topological polar surface area (TPSA) is 50.8 Å². The molecule has 0 spiro atoms. The summed E-state index contributed by atoms with van der Waals surface area (Å²) in [5, 5.41) is 0. The van der Waals surface area contributed by atoms with Crippen molar-refractivity contribution in [1.29, 1.82) is 0 Å². The second-order valence-electron chi connectivity index (χ2n) is 7.78. The van der Waals surface area contributed by atoms with Crippen molar-refractivity contribution >= 4 is 17.7 Å². The van der Waals surface area contributed by atoms with Crippen LogP contribution in [0.1, 0.15) is 58.4 Å². The van der Waals surface area contributed by atoms with Gasteiger partial charge in [0.2, 0.25) is 0 Å². The third-order valence-electron chi connectivity index (χ3n) is 4.92. The summed E-state index contributed by atoms with van der Waals surface area (Å²) in [6.45, 7) is 10.8. The van der Waals surface area contributed by atoms with Crippen molar-refractivity contribution in [2.45, 2.75) is 58.9 Å². The molecule has 4 heteroatoms. The van der Waals surface area contributed by atoms with E-state index in [9.17, 15) is 0 Å². The summed E-state index contributed by atoms with van der Waals surface area (Å²) >= 11 is 0. The molecule has 1 fully saturated rings. The zero-order valence-corrected chi connectivity index (χ0v) is 17.4. The van der Waals surface area contributed by atoms with Crippen molar-refractivity contribution in [3.05, 3.63) is 47.7 Å². The Hall–Kier alpha value is -2.07. The van der Waals surface area contributed by atoms with Gasteiger partial charge in [-0.3, -0.25) is 4.99 Å². The average molecular weight is 370 g/mol. The number of hydrogen-bond donors (Lipinski definition) is 1. The van der Waals surface area contributed by atoms with Crippen LogP contribution in [0, 0.1) is 5.92 Å². The second kappa shape index (κ2) is 10.3. The van der Waals surface area contributed by atoms with Crippen molar-refractivity contribution in [2.75, 3.05) is 18.6 Å². The Balaban J connectivity index is 2.20. The molecule has 0 aromatic heterocycles. The van der Waals surface area contributed by atoms with Gasteiger partial charge in [0.15, 0.2) is 5.90 Å². The van der Waals surface area contributed by atoms with Gasteiger partial charge in [0, 0.05) is 18.7 Å². The van der Waals surface area contributed by atoms with Crippen LogP contribution < -0.4 is 10.6 Å². The molecule has 1 aliphatic rings. The van der Waals surface area contributed by atoms with E-state index >= 15 is 0 Å². The Labute approximate surface area is 164 Å². The van der Waals surface area contributed by atoms with E-state index in [1.807, 2.05) is 24.9 Å². The molecule has 148 valence electrons. The minimum atomic E-state index is 0.246. The Morgan fingerprint density at radius 2 is 1.89 bits per heavy atom. The summed E-state index contributed by atoms with van der Waals surface area (Å²) in [4.78, 5) is 6.94. The van der Waals surface area contributed by atoms with E-state index in [-0.39, 0.29) is 5.92 Å². The van der Waals surface area contributed by atoms with Gasteiger partial charge in [-0.1, -0.05) is 51.8 Å². The number of benzene rings is 1. The molecular formula is C23H35N3O. The van der Waals surface area contributed by atoms with E-state index in [4.69, 9.17) is 15.5 Å². The maximum atomic E-state index is 6.26.